The normalized spacial score (nSPS) is 46.9. The summed E-state index contributed by atoms with van der Waals surface area (Å²) in [5.41, 5.74) is 1.49. The lowest BCUT2D eigenvalue weighted by atomic mass is 9.77. The smallest absolute Gasteiger partial charge is 0.105 e. The predicted molar refractivity (Wildman–Crippen MR) is 52.0 cm³/mol. The summed E-state index contributed by atoms with van der Waals surface area (Å²) >= 11 is 9.80. The molecule has 0 aromatic rings. The molecular formula is C9H10BrCl. The molecule has 2 bridgehead atoms. The molecule has 0 heterocycles. The average Bonchev–Trinajstić information content (AvgIpc) is 2.46. The van der Waals surface area contributed by atoms with Crippen LogP contribution in [-0.2, 0) is 0 Å². The molecule has 0 aromatic carbocycles. The van der Waals surface area contributed by atoms with Crippen molar-refractivity contribution in [2.24, 2.45) is 11.8 Å². The van der Waals surface area contributed by atoms with Gasteiger partial charge in [0.2, 0.25) is 0 Å². The summed E-state index contributed by atoms with van der Waals surface area (Å²) < 4.78 is -0.109. The number of alkyl halides is 2. The van der Waals surface area contributed by atoms with Gasteiger partial charge in [0.15, 0.2) is 0 Å². The zero-order valence-electron chi connectivity index (χ0n) is 6.19. The van der Waals surface area contributed by atoms with Gasteiger partial charge in [-0.25, -0.2) is 0 Å². The number of rotatable bonds is 1. The lowest BCUT2D eigenvalue weighted by Gasteiger charge is -2.42. The fourth-order valence-corrected chi connectivity index (χ4v) is 3.71. The minimum atomic E-state index is -0.109. The largest absolute Gasteiger partial charge is 0.112 e. The van der Waals surface area contributed by atoms with Gasteiger partial charge in [0.25, 0.3) is 0 Å². The van der Waals surface area contributed by atoms with Crippen LogP contribution < -0.4 is 0 Å². The van der Waals surface area contributed by atoms with Crippen LogP contribution in [0, 0.1) is 11.8 Å². The van der Waals surface area contributed by atoms with Crippen molar-refractivity contribution in [1.29, 1.82) is 0 Å². The highest BCUT2D eigenvalue weighted by Gasteiger charge is 2.60. The van der Waals surface area contributed by atoms with Gasteiger partial charge in [0.1, 0.15) is 3.78 Å². The van der Waals surface area contributed by atoms with Crippen LogP contribution in [0.1, 0.15) is 12.8 Å². The highest BCUT2D eigenvalue weighted by atomic mass is 79.9. The number of halogens is 2. The van der Waals surface area contributed by atoms with Gasteiger partial charge < -0.3 is 0 Å². The molecule has 0 radical (unpaired) electrons. The van der Waals surface area contributed by atoms with Crippen molar-refractivity contribution in [2.75, 3.05) is 0 Å². The lowest BCUT2D eigenvalue weighted by molar-refractivity contribution is 0.425. The highest BCUT2D eigenvalue weighted by molar-refractivity contribution is 9.10. The topological polar surface area (TPSA) is 0 Å². The zero-order valence-corrected chi connectivity index (χ0v) is 8.53. The Morgan fingerprint density at radius 2 is 2.09 bits per heavy atom. The molecule has 0 amide bonds. The molecule has 0 aliphatic heterocycles. The van der Waals surface area contributed by atoms with Gasteiger partial charge in [0.05, 0.1) is 0 Å². The summed E-state index contributed by atoms with van der Waals surface area (Å²) in [7, 11) is 0. The first-order valence-corrected chi connectivity index (χ1v) is 5.05. The Labute approximate surface area is 80.4 Å². The van der Waals surface area contributed by atoms with E-state index in [0.717, 1.165) is 0 Å². The Morgan fingerprint density at radius 3 is 2.45 bits per heavy atom. The molecule has 3 aliphatic rings. The van der Waals surface area contributed by atoms with Gasteiger partial charge in [0, 0.05) is 11.8 Å². The van der Waals surface area contributed by atoms with Crippen LogP contribution in [0.5, 0.6) is 0 Å². The molecule has 0 spiro atoms. The standard InChI is InChI=1S/C9H10BrCl/c1-2-3-6-7-4-5-8(6)9(7,10)11/h2-3,7-8H,1,4-5H2. The second kappa shape index (κ2) is 2.37. The first kappa shape index (κ1) is 7.88. The maximum Gasteiger partial charge on any atom is 0.112 e. The Kier molecular flexibility index (Phi) is 1.69. The summed E-state index contributed by atoms with van der Waals surface area (Å²) in [6.45, 7) is 3.69. The van der Waals surface area contributed by atoms with Crippen molar-refractivity contribution >= 4 is 27.5 Å². The number of fused-ring (bicyclic) bond motifs is 1. The lowest BCUT2D eigenvalue weighted by Crippen LogP contribution is -2.41. The molecule has 2 unspecified atom stereocenters. The highest BCUT2D eigenvalue weighted by Crippen LogP contribution is 2.66. The summed E-state index contributed by atoms with van der Waals surface area (Å²) in [5.74, 6) is 1.12. The van der Waals surface area contributed by atoms with E-state index < -0.39 is 0 Å². The van der Waals surface area contributed by atoms with E-state index in [1.165, 1.54) is 18.4 Å². The van der Waals surface area contributed by atoms with Crippen molar-refractivity contribution in [3.05, 3.63) is 24.3 Å². The van der Waals surface area contributed by atoms with Crippen LogP contribution in [-0.4, -0.2) is 3.78 Å². The van der Waals surface area contributed by atoms with E-state index in [1.54, 1.807) is 0 Å². The van der Waals surface area contributed by atoms with E-state index in [0.29, 0.717) is 11.8 Å². The molecule has 3 rings (SSSR count). The molecular weight excluding hydrogens is 223 g/mol. The van der Waals surface area contributed by atoms with Gasteiger partial charge in [-0.1, -0.05) is 40.2 Å². The second-order valence-electron chi connectivity index (χ2n) is 3.26. The predicted octanol–water partition coefficient (Wildman–Crippen LogP) is 3.47. The van der Waals surface area contributed by atoms with Crippen molar-refractivity contribution in [3.8, 4) is 0 Å². The second-order valence-corrected chi connectivity index (χ2v) is 5.65. The van der Waals surface area contributed by atoms with Crippen LogP contribution in [0.15, 0.2) is 24.3 Å². The number of allylic oxidation sites excluding steroid dienone is 3. The Hall–Kier alpha value is 0.250. The summed E-state index contributed by atoms with van der Waals surface area (Å²) in [6, 6.07) is 0. The summed E-state index contributed by atoms with van der Waals surface area (Å²) in [4.78, 5) is 0. The van der Waals surface area contributed by atoms with Gasteiger partial charge in [-0.15, -0.1) is 11.6 Å². The Morgan fingerprint density at radius 1 is 1.55 bits per heavy atom. The zero-order chi connectivity index (χ0) is 8.06. The third kappa shape index (κ3) is 0.874. The van der Waals surface area contributed by atoms with Crippen LogP contribution in [0.25, 0.3) is 0 Å². The minimum Gasteiger partial charge on any atom is -0.105 e. The maximum atomic E-state index is 6.24. The van der Waals surface area contributed by atoms with Gasteiger partial charge in [-0.05, 0) is 12.8 Å². The van der Waals surface area contributed by atoms with E-state index in [4.69, 9.17) is 11.6 Å². The molecule has 2 heteroatoms. The van der Waals surface area contributed by atoms with Crippen LogP contribution in [0.4, 0.5) is 0 Å². The Balaban J connectivity index is 2.26. The third-order valence-electron chi connectivity index (χ3n) is 2.79. The molecule has 3 aliphatic carbocycles. The fourth-order valence-electron chi connectivity index (χ4n) is 2.25. The van der Waals surface area contributed by atoms with Crippen LogP contribution in [0.3, 0.4) is 0 Å². The van der Waals surface area contributed by atoms with Crippen LogP contribution in [0.2, 0.25) is 0 Å². The molecule has 11 heavy (non-hydrogen) atoms. The third-order valence-corrected chi connectivity index (χ3v) is 4.42. The van der Waals surface area contributed by atoms with E-state index in [1.807, 2.05) is 6.08 Å². The Bertz CT molecular complexity index is 214. The first-order chi connectivity index (χ1) is 5.18. The molecule has 2 atom stereocenters. The molecule has 0 N–H and O–H groups in total. The number of hydrogen-bond donors (Lipinski definition) is 0. The van der Waals surface area contributed by atoms with E-state index in [2.05, 4.69) is 28.6 Å². The molecule has 3 fully saturated rings. The van der Waals surface area contributed by atoms with Crippen LogP contribution >= 0.6 is 27.5 Å². The quantitative estimate of drug-likeness (QED) is 0.609. The van der Waals surface area contributed by atoms with E-state index in [9.17, 15) is 0 Å². The molecule has 0 nitrogen and oxygen atoms in total. The van der Waals surface area contributed by atoms with Crippen molar-refractivity contribution in [1.82, 2.24) is 0 Å². The molecule has 3 saturated carbocycles. The van der Waals surface area contributed by atoms with Crippen molar-refractivity contribution in [2.45, 2.75) is 16.6 Å². The average molecular weight is 234 g/mol. The van der Waals surface area contributed by atoms with Gasteiger partial charge >= 0.3 is 0 Å². The van der Waals surface area contributed by atoms with Crippen molar-refractivity contribution < 1.29 is 0 Å². The van der Waals surface area contributed by atoms with Gasteiger partial charge in [-0.3, -0.25) is 0 Å². The maximum absolute atomic E-state index is 6.24. The monoisotopic (exact) mass is 232 g/mol. The molecule has 60 valence electrons. The molecule has 0 saturated heterocycles. The minimum absolute atomic E-state index is 0.109. The summed E-state index contributed by atoms with van der Waals surface area (Å²) in [6.07, 6.45) is 6.45. The summed E-state index contributed by atoms with van der Waals surface area (Å²) in [5, 5.41) is 0. The van der Waals surface area contributed by atoms with Crippen molar-refractivity contribution in [3.63, 3.8) is 0 Å². The fraction of sp³-hybridized carbons (Fsp3) is 0.556. The van der Waals surface area contributed by atoms with E-state index in [-0.39, 0.29) is 3.78 Å². The number of hydrogen-bond acceptors (Lipinski definition) is 0. The molecule has 0 aromatic heterocycles. The first-order valence-electron chi connectivity index (χ1n) is 3.88. The van der Waals surface area contributed by atoms with Gasteiger partial charge in [-0.2, -0.15) is 0 Å². The van der Waals surface area contributed by atoms with E-state index >= 15 is 0 Å². The SMILES string of the molecule is C=CC=C1C2CCC1C2(Cl)Br.